The Morgan fingerprint density at radius 1 is 1.15 bits per heavy atom. The van der Waals surface area contributed by atoms with Gasteiger partial charge in [-0.15, -0.1) is 0 Å². The number of anilines is 1. The largest absolute Gasteiger partial charge is 0.399 e. The molecule has 5 heteroatoms. The molecule has 0 saturated carbocycles. The maximum Gasteiger partial charge on any atom is 0.164 e. The fraction of sp³-hybridized carbons (Fsp3) is 0.533. The number of hydrogen-bond donors (Lipinski definition) is 2. The number of Topliss-reactive ketones (excluding diaryl/α,β-unsaturated/α-hetero) is 1. The zero-order chi connectivity index (χ0) is 14.4. The first-order valence-corrected chi connectivity index (χ1v) is 7.13. The van der Waals surface area contributed by atoms with Crippen molar-refractivity contribution in [1.82, 2.24) is 9.80 Å². The molecule has 1 saturated heterocycles. The van der Waals surface area contributed by atoms with Crippen molar-refractivity contribution in [3.8, 4) is 0 Å². The number of nitrogen functional groups attached to an aromatic ring is 1. The number of carbonyl (C=O) groups is 1. The molecule has 1 aliphatic heterocycles. The first kappa shape index (κ1) is 15.0. The Hall–Kier alpha value is -1.43. The van der Waals surface area contributed by atoms with Crippen LogP contribution in [-0.4, -0.2) is 66.6 Å². The second kappa shape index (κ2) is 7.38. The number of ketones is 1. The molecule has 1 aliphatic rings. The lowest BCUT2D eigenvalue weighted by atomic mass is 10.1. The van der Waals surface area contributed by atoms with E-state index < -0.39 is 0 Å². The predicted octanol–water partition coefficient (Wildman–Crippen LogP) is 0.452. The first-order chi connectivity index (χ1) is 9.69. The second-order valence-electron chi connectivity index (χ2n) is 5.21. The van der Waals surface area contributed by atoms with Crippen LogP contribution < -0.4 is 5.73 Å². The van der Waals surface area contributed by atoms with E-state index in [1.165, 1.54) is 0 Å². The quantitative estimate of drug-likeness (QED) is 0.584. The molecule has 0 unspecified atom stereocenters. The van der Waals surface area contributed by atoms with E-state index in [1.807, 2.05) is 12.1 Å². The molecule has 1 fully saturated rings. The van der Waals surface area contributed by atoms with Gasteiger partial charge >= 0.3 is 0 Å². The number of β-amino-alcohol motifs (C(OH)–C–C–N with tert-alkyl or cyclic N) is 1. The summed E-state index contributed by atoms with van der Waals surface area (Å²) in [6.07, 6.45) is 0.531. The van der Waals surface area contributed by atoms with Gasteiger partial charge in [-0.1, -0.05) is 12.1 Å². The molecule has 0 aliphatic carbocycles. The Labute approximate surface area is 120 Å². The topological polar surface area (TPSA) is 69.8 Å². The number of hydrogen-bond acceptors (Lipinski definition) is 5. The summed E-state index contributed by atoms with van der Waals surface area (Å²) in [7, 11) is 0. The maximum absolute atomic E-state index is 12.1. The van der Waals surface area contributed by atoms with Gasteiger partial charge < -0.3 is 15.7 Å². The van der Waals surface area contributed by atoms with E-state index in [-0.39, 0.29) is 12.4 Å². The number of nitrogens with two attached hydrogens (primary N) is 1. The molecule has 110 valence electrons. The highest BCUT2D eigenvalue weighted by atomic mass is 16.3. The molecular formula is C15H23N3O2. The van der Waals surface area contributed by atoms with Crippen molar-refractivity contribution in [2.45, 2.75) is 6.42 Å². The Bertz CT molecular complexity index is 442. The summed E-state index contributed by atoms with van der Waals surface area (Å²) in [6, 6.07) is 7.16. The van der Waals surface area contributed by atoms with Crippen LogP contribution in [0.5, 0.6) is 0 Å². The Morgan fingerprint density at radius 3 is 2.40 bits per heavy atom. The molecular weight excluding hydrogens is 254 g/mol. The molecule has 0 atom stereocenters. The zero-order valence-corrected chi connectivity index (χ0v) is 11.8. The molecule has 0 amide bonds. The van der Waals surface area contributed by atoms with Gasteiger partial charge in [-0.3, -0.25) is 9.69 Å². The van der Waals surface area contributed by atoms with Gasteiger partial charge in [0, 0.05) is 56.9 Å². The number of aliphatic hydroxyl groups excluding tert-OH is 1. The van der Waals surface area contributed by atoms with Crippen LogP contribution in [0.15, 0.2) is 24.3 Å². The molecule has 3 N–H and O–H groups in total. The number of carbonyl (C=O) groups excluding carboxylic acids is 1. The fourth-order valence-corrected chi connectivity index (χ4v) is 2.49. The molecule has 0 spiro atoms. The summed E-state index contributed by atoms with van der Waals surface area (Å²) in [5, 5.41) is 8.90. The van der Waals surface area contributed by atoms with Gasteiger partial charge in [-0.2, -0.15) is 0 Å². The van der Waals surface area contributed by atoms with Crippen LogP contribution >= 0.6 is 0 Å². The summed E-state index contributed by atoms with van der Waals surface area (Å²) >= 11 is 0. The number of rotatable bonds is 6. The van der Waals surface area contributed by atoms with Gasteiger partial charge in [-0.05, 0) is 12.1 Å². The van der Waals surface area contributed by atoms with Gasteiger partial charge in [0.2, 0.25) is 0 Å². The number of piperazine rings is 1. The van der Waals surface area contributed by atoms with Crippen molar-refractivity contribution in [3.63, 3.8) is 0 Å². The van der Waals surface area contributed by atoms with Crippen LogP contribution in [0.1, 0.15) is 16.8 Å². The van der Waals surface area contributed by atoms with Crippen molar-refractivity contribution >= 4 is 11.5 Å². The highest BCUT2D eigenvalue weighted by molar-refractivity contribution is 5.96. The molecule has 1 heterocycles. The lowest BCUT2D eigenvalue weighted by Gasteiger charge is -2.34. The average Bonchev–Trinajstić information content (AvgIpc) is 2.46. The van der Waals surface area contributed by atoms with Gasteiger partial charge in [0.25, 0.3) is 0 Å². The summed E-state index contributed by atoms with van der Waals surface area (Å²) in [5.41, 5.74) is 7.02. The summed E-state index contributed by atoms with van der Waals surface area (Å²) < 4.78 is 0. The smallest absolute Gasteiger partial charge is 0.164 e. The summed E-state index contributed by atoms with van der Waals surface area (Å²) in [5.74, 6) is 0.148. The van der Waals surface area contributed by atoms with Crippen LogP contribution in [-0.2, 0) is 0 Å². The minimum Gasteiger partial charge on any atom is -0.399 e. The average molecular weight is 277 g/mol. The van der Waals surface area contributed by atoms with E-state index in [0.717, 1.165) is 39.3 Å². The first-order valence-electron chi connectivity index (χ1n) is 7.13. The standard InChI is InChI=1S/C15H23N3O2/c16-14-3-1-2-13(12-14)15(20)4-5-17-6-8-18(9-7-17)10-11-19/h1-3,12,19H,4-11,16H2. The van der Waals surface area contributed by atoms with Crippen molar-refractivity contribution in [2.75, 3.05) is 51.6 Å². The molecule has 0 radical (unpaired) electrons. The van der Waals surface area contributed by atoms with Gasteiger partial charge in [0.15, 0.2) is 5.78 Å². The van der Waals surface area contributed by atoms with Crippen molar-refractivity contribution in [2.24, 2.45) is 0 Å². The molecule has 5 nitrogen and oxygen atoms in total. The SMILES string of the molecule is Nc1cccc(C(=O)CCN2CCN(CCO)CC2)c1. The minimum absolute atomic E-state index is 0.148. The maximum atomic E-state index is 12.1. The normalized spacial score (nSPS) is 17.2. The third-order valence-corrected chi connectivity index (χ3v) is 3.74. The highest BCUT2D eigenvalue weighted by Crippen LogP contribution is 2.10. The number of aliphatic hydroxyl groups is 1. The van der Waals surface area contributed by atoms with Gasteiger partial charge in [0.1, 0.15) is 0 Å². The van der Waals surface area contributed by atoms with Gasteiger partial charge in [-0.25, -0.2) is 0 Å². The van der Waals surface area contributed by atoms with Crippen molar-refractivity contribution in [1.29, 1.82) is 0 Å². The zero-order valence-electron chi connectivity index (χ0n) is 11.8. The molecule has 0 bridgehead atoms. The van der Waals surface area contributed by atoms with Crippen molar-refractivity contribution in [3.05, 3.63) is 29.8 Å². The van der Waals surface area contributed by atoms with E-state index in [2.05, 4.69) is 9.80 Å². The lowest BCUT2D eigenvalue weighted by molar-refractivity contribution is 0.0907. The summed E-state index contributed by atoms with van der Waals surface area (Å²) in [6.45, 7) is 5.61. The van der Waals surface area contributed by atoms with E-state index in [4.69, 9.17) is 10.8 Å². The number of benzene rings is 1. The van der Waals surface area contributed by atoms with Crippen molar-refractivity contribution < 1.29 is 9.90 Å². The molecule has 1 aromatic rings. The third kappa shape index (κ3) is 4.30. The molecule has 20 heavy (non-hydrogen) atoms. The van der Waals surface area contributed by atoms with E-state index in [1.54, 1.807) is 12.1 Å². The Kier molecular flexibility index (Phi) is 5.52. The highest BCUT2D eigenvalue weighted by Gasteiger charge is 2.17. The van der Waals surface area contributed by atoms with Crippen LogP contribution in [0.3, 0.4) is 0 Å². The second-order valence-corrected chi connectivity index (χ2v) is 5.21. The monoisotopic (exact) mass is 277 g/mol. The van der Waals surface area contributed by atoms with E-state index in [0.29, 0.717) is 17.7 Å². The lowest BCUT2D eigenvalue weighted by Crippen LogP contribution is -2.47. The molecule has 1 aromatic carbocycles. The van der Waals surface area contributed by atoms with Gasteiger partial charge in [0.05, 0.1) is 6.61 Å². The third-order valence-electron chi connectivity index (χ3n) is 3.74. The Balaban J connectivity index is 1.74. The molecule has 2 rings (SSSR count). The van der Waals surface area contributed by atoms with E-state index >= 15 is 0 Å². The van der Waals surface area contributed by atoms with Crippen LogP contribution in [0, 0.1) is 0 Å². The number of nitrogens with zero attached hydrogens (tertiary/aromatic N) is 2. The van der Waals surface area contributed by atoms with E-state index in [9.17, 15) is 4.79 Å². The Morgan fingerprint density at radius 2 is 1.80 bits per heavy atom. The fourth-order valence-electron chi connectivity index (χ4n) is 2.49. The minimum atomic E-state index is 0.148. The predicted molar refractivity (Wildman–Crippen MR) is 79.8 cm³/mol. The summed E-state index contributed by atoms with van der Waals surface area (Å²) in [4.78, 5) is 16.6. The van der Waals surface area contributed by atoms with Crippen LogP contribution in [0.2, 0.25) is 0 Å². The van der Waals surface area contributed by atoms with Crippen LogP contribution in [0.25, 0.3) is 0 Å². The molecule has 0 aromatic heterocycles. The van der Waals surface area contributed by atoms with Crippen LogP contribution in [0.4, 0.5) is 5.69 Å².